The third-order valence-corrected chi connectivity index (χ3v) is 3.20. The van der Waals surface area contributed by atoms with E-state index in [9.17, 15) is 9.18 Å². The molecule has 94 valence electrons. The van der Waals surface area contributed by atoms with Crippen LogP contribution >= 0.6 is 11.8 Å². The Morgan fingerprint density at radius 3 is 2.78 bits per heavy atom. The van der Waals surface area contributed by atoms with Gasteiger partial charge in [0.25, 0.3) is 0 Å². The molecule has 1 amide bonds. The van der Waals surface area contributed by atoms with E-state index in [2.05, 4.69) is 15.5 Å². The summed E-state index contributed by atoms with van der Waals surface area (Å²) in [6.45, 7) is 0. The van der Waals surface area contributed by atoms with E-state index in [1.165, 1.54) is 23.9 Å². The van der Waals surface area contributed by atoms with Gasteiger partial charge in [0.15, 0.2) is 0 Å². The highest BCUT2D eigenvalue weighted by Gasteiger charge is 2.03. The fourth-order valence-electron chi connectivity index (χ4n) is 1.33. The number of aromatic nitrogens is 2. The first-order valence-electron chi connectivity index (χ1n) is 5.41. The first-order valence-corrected chi connectivity index (χ1v) is 6.40. The van der Waals surface area contributed by atoms with Gasteiger partial charge in [0.05, 0.1) is 6.20 Å². The maximum absolute atomic E-state index is 12.7. The molecule has 0 atom stereocenters. The van der Waals surface area contributed by atoms with Crippen molar-refractivity contribution in [2.45, 2.75) is 11.3 Å². The molecule has 4 nitrogen and oxygen atoms in total. The predicted molar refractivity (Wildman–Crippen MR) is 69.0 cm³/mol. The van der Waals surface area contributed by atoms with E-state index in [0.29, 0.717) is 18.0 Å². The van der Waals surface area contributed by atoms with E-state index in [4.69, 9.17) is 0 Å². The van der Waals surface area contributed by atoms with Crippen LogP contribution in [0.2, 0.25) is 0 Å². The number of nitrogens with one attached hydrogen (secondary N) is 2. The molecule has 0 spiro atoms. The number of carbonyl (C=O) groups is 1. The number of thioether (sulfide) groups is 1. The minimum Gasteiger partial charge on any atom is -0.311 e. The fourth-order valence-corrected chi connectivity index (χ4v) is 2.18. The maximum Gasteiger partial charge on any atom is 0.226 e. The summed E-state index contributed by atoms with van der Waals surface area (Å²) in [7, 11) is 0. The topological polar surface area (TPSA) is 57.8 Å². The van der Waals surface area contributed by atoms with E-state index < -0.39 is 0 Å². The van der Waals surface area contributed by atoms with Crippen LogP contribution in [0.25, 0.3) is 0 Å². The molecule has 2 N–H and O–H groups in total. The monoisotopic (exact) mass is 265 g/mol. The molecule has 1 aromatic carbocycles. The molecule has 2 aromatic rings. The Bertz CT molecular complexity index is 499. The van der Waals surface area contributed by atoms with Crippen LogP contribution in [0.4, 0.5) is 10.2 Å². The molecule has 6 heteroatoms. The predicted octanol–water partition coefficient (Wildman–Crippen LogP) is 2.67. The minimum absolute atomic E-state index is 0.0751. The van der Waals surface area contributed by atoms with Crippen molar-refractivity contribution in [3.05, 3.63) is 42.3 Å². The Hall–Kier alpha value is -1.82. The second kappa shape index (κ2) is 6.20. The molecule has 2 rings (SSSR count). The number of hydrogen-bond donors (Lipinski definition) is 2. The molecule has 0 aliphatic heterocycles. The van der Waals surface area contributed by atoms with Crippen LogP contribution < -0.4 is 5.32 Å². The number of nitrogens with zero attached hydrogens (tertiary/aromatic N) is 1. The zero-order chi connectivity index (χ0) is 12.8. The Morgan fingerprint density at radius 2 is 2.11 bits per heavy atom. The summed E-state index contributed by atoms with van der Waals surface area (Å²) in [4.78, 5) is 12.5. The number of halogens is 1. The van der Waals surface area contributed by atoms with Crippen LogP contribution in [0.15, 0.2) is 41.4 Å². The zero-order valence-corrected chi connectivity index (χ0v) is 10.3. The van der Waals surface area contributed by atoms with Gasteiger partial charge < -0.3 is 5.32 Å². The number of rotatable bonds is 5. The Kier molecular flexibility index (Phi) is 4.35. The van der Waals surface area contributed by atoms with Gasteiger partial charge in [-0.2, -0.15) is 5.10 Å². The first kappa shape index (κ1) is 12.6. The summed E-state index contributed by atoms with van der Waals surface area (Å²) in [5.41, 5.74) is 0. The molecule has 0 aliphatic carbocycles. The van der Waals surface area contributed by atoms with E-state index in [0.717, 1.165) is 4.90 Å². The average molecular weight is 265 g/mol. The number of amides is 1. The van der Waals surface area contributed by atoms with Crippen molar-refractivity contribution < 1.29 is 9.18 Å². The molecule has 0 fully saturated rings. The summed E-state index contributed by atoms with van der Waals surface area (Å²) < 4.78 is 12.7. The largest absolute Gasteiger partial charge is 0.311 e. The number of anilines is 1. The third kappa shape index (κ3) is 3.89. The summed E-state index contributed by atoms with van der Waals surface area (Å²) in [6, 6.07) is 7.91. The van der Waals surface area contributed by atoms with Crippen LogP contribution in [-0.2, 0) is 4.79 Å². The molecular weight excluding hydrogens is 253 g/mol. The van der Waals surface area contributed by atoms with Gasteiger partial charge in [-0.05, 0) is 24.3 Å². The lowest BCUT2D eigenvalue weighted by molar-refractivity contribution is -0.115. The molecular formula is C12H12FN3OS. The number of hydrogen-bond acceptors (Lipinski definition) is 3. The smallest absolute Gasteiger partial charge is 0.226 e. The van der Waals surface area contributed by atoms with E-state index in [-0.39, 0.29) is 11.7 Å². The Balaban J connectivity index is 1.72. The summed E-state index contributed by atoms with van der Waals surface area (Å²) in [5, 5.41) is 9.07. The van der Waals surface area contributed by atoms with Crippen molar-refractivity contribution >= 4 is 23.5 Å². The molecule has 0 unspecified atom stereocenters. The normalized spacial score (nSPS) is 10.3. The van der Waals surface area contributed by atoms with Gasteiger partial charge >= 0.3 is 0 Å². The van der Waals surface area contributed by atoms with E-state index in [1.807, 2.05) is 0 Å². The third-order valence-electron chi connectivity index (χ3n) is 2.19. The van der Waals surface area contributed by atoms with Gasteiger partial charge in [0.1, 0.15) is 11.6 Å². The highest BCUT2D eigenvalue weighted by atomic mass is 32.2. The van der Waals surface area contributed by atoms with Crippen LogP contribution in [-0.4, -0.2) is 21.9 Å². The van der Waals surface area contributed by atoms with Gasteiger partial charge in [0.2, 0.25) is 5.91 Å². The van der Waals surface area contributed by atoms with Gasteiger partial charge in [-0.3, -0.25) is 9.89 Å². The number of aromatic amines is 1. The van der Waals surface area contributed by atoms with Crippen molar-refractivity contribution in [2.75, 3.05) is 11.1 Å². The van der Waals surface area contributed by atoms with Crippen LogP contribution in [0.5, 0.6) is 0 Å². The number of benzene rings is 1. The lowest BCUT2D eigenvalue weighted by Gasteiger charge is -2.02. The fraction of sp³-hybridized carbons (Fsp3) is 0.167. The van der Waals surface area contributed by atoms with Gasteiger partial charge in [-0.15, -0.1) is 11.8 Å². The quantitative estimate of drug-likeness (QED) is 0.817. The molecule has 1 heterocycles. The summed E-state index contributed by atoms with van der Waals surface area (Å²) in [6.07, 6.45) is 1.96. The summed E-state index contributed by atoms with van der Waals surface area (Å²) in [5.74, 6) is 0.906. The lowest BCUT2D eigenvalue weighted by atomic mass is 10.4. The van der Waals surface area contributed by atoms with Crippen molar-refractivity contribution in [1.82, 2.24) is 10.2 Å². The minimum atomic E-state index is -0.253. The molecule has 0 bridgehead atoms. The van der Waals surface area contributed by atoms with Crippen molar-refractivity contribution in [3.8, 4) is 0 Å². The Morgan fingerprint density at radius 1 is 1.33 bits per heavy atom. The number of H-pyrrole nitrogens is 1. The molecule has 18 heavy (non-hydrogen) atoms. The molecule has 0 aliphatic rings. The van der Waals surface area contributed by atoms with Crippen LogP contribution in [0.3, 0.4) is 0 Å². The highest BCUT2D eigenvalue weighted by Crippen LogP contribution is 2.18. The second-order valence-electron chi connectivity index (χ2n) is 3.57. The van der Waals surface area contributed by atoms with E-state index in [1.54, 1.807) is 24.4 Å². The molecule has 1 aromatic heterocycles. The highest BCUT2D eigenvalue weighted by molar-refractivity contribution is 7.99. The van der Waals surface area contributed by atoms with Crippen LogP contribution in [0.1, 0.15) is 6.42 Å². The van der Waals surface area contributed by atoms with Gasteiger partial charge in [0, 0.05) is 23.1 Å². The second-order valence-corrected chi connectivity index (χ2v) is 4.74. The molecule has 0 saturated heterocycles. The maximum atomic E-state index is 12.7. The standard InChI is InChI=1S/C12H12FN3OS/c13-9-1-3-10(4-2-9)18-8-6-12(17)15-11-5-7-14-16-11/h1-5,7H,6,8H2,(H2,14,15,16,17). The Labute approximate surface area is 108 Å². The molecule has 0 radical (unpaired) electrons. The zero-order valence-electron chi connectivity index (χ0n) is 9.52. The SMILES string of the molecule is O=C(CCSc1ccc(F)cc1)Nc1ccn[nH]1. The first-order chi connectivity index (χ1) is 8.74. The lowest BCUT2D eigenvalue weighted by Crippen LogP contribution is -2.12. The van der Waals surface area contributed by atoms with E-state index >= 15 is 0 Å². The van der Waals surface area contributed by atoms with Crippen molar-refractivity contribution in [1.29, 1.82) is 0 Å². The van der Waals surface area contributed by atoms with Crippen molar-refractivity contribution in [3.63, 3.8) is 0 Å². The van der Waals surface area contributed by atoms with Crippen molar-refractivity contribution in [2.24, 2.45) is 0 Å². The van der Waals surface area contributed by atoms with Crippen LogP contribution in [0, 0.1) is 5.82 Å². The average Bonchev–Trinajstić information content (AvgIpc) is 2.84. The van der Waals surface area contributed by atoms with Gasteiger partial charge in [-0.25, -0.2) is 4.39 Å². The van der Waals surface area contributed by atoms with Gasteiger partial charge in [-0.1, -0.05) is 0 Å². The number of carbonyl (C=O) groups excluding carboxylic acids is 1. The summed E-state index contributed by atoms with van der Waals surface area (Å²) >= 11 is 1.52. The molecule has 0 saturated carbocycles.